The molecule has 0 aliphatic heterocycles. The number of carbonyl (C=O) groups excluding carboxylic acids is 1. The van der Waals surface area contributed by atoms with Crippen molar-refractivity contribution in [3.8, 4) is 11.1 Å². The number of aromatic nitrogens is 2. The van der Waals surface area contributed by atoms with Crippen LogP contribution in [0, 0.1) is 0 Å². The molecule has 0 saturated heterocycles. The summed E-state index contributed by atoms with van der Waals surface area (Å²) in [5.41, 5.74) is 3.87. The number of halogens is 1. The van der Waals surface area contributed by atoms with E-state index in [-0.39, 0.29) is 18.2 Å². The van der Waals surface area contributed by atoms with Crippen LogP contribution in [0.3, 0.4) is 0 Å². The van der Waals surface area contributed by atoms with Crippen molar-refractivity contribution in [3.63, 3.8) is 0 Å². The van der Waals surface area contributed by atoms with E-state index in [0.717, 1.165) is 16.7 Å². The SMILES string of the molecule is Cl.O=C(c1ccc(-c2ccccc2)cc1)C(c1ccccc1)n1ccnc1. The van der Waals surface area contributed by atoms with Gasteiger partial charge in [0.25, 0.3) is 0 Å². The second kappa shape index (κ2) is 8.47. The first-order valence-corrected chi connectivity index (χ1v) is 8.55. The van der Waals surface area contributed by atoms with E-state index in [0.29, 0.717) is 5.56 Å². The summed E-state index contributed by atoms with van der Waals surface area (Å²) in [5.74, 6) is 0.0498. The molecule has 4 rings (SSSR count). The van der Waals surface area contributed by atoms with Gasteiger partial charge in [-0.1, -0.05) is 84.9 Å². The average molecular weight is 375 g/mol. The predicted octanol–water partition coefficient (Wildman–Crippen LogP) is 5.44. The minimum atomic E-state index is -0.415. The molecule has 0 amide bonds. The molecule has 134 valence electrons. The number of hydrogen-bond donors (Lipinski definition) is 0. The third kappa shape index (κ3) is 3.99. The van der Waals surface area contributed by atoms with Crippen LogP contribution in [0.15, 0.2) is 104 Å². The average Bonchev–Trinajstić information content (AvgIpc) is 3.24. The molecule has 0 spiro atoms. The number of Topliss-reactive ketones (excluding diaryl/α,β-unsaturated/α-hetero) is 1. The van der Waals surface area contributed by atoms with Gasteiger partial charge in [0.1, 0.15) is 6.04 Å². The van der Waals surface area contributed by atoms with E-state index >= 15 is 0 Å². The summed E-state index contributed by atoms with van der Waals surface area (Å²) in [6.45, 7) is 0. The Morgan fingerprint density at radius 3 is 1.96 bits per heavy atom. The number of carbonyl (C=O) groups is 1. The molecule has 0 aliphatic rings. The van der Waals surface area contributed by atoms with Gasteiger partial charge in [-0.05, 0) is 16.7 Å². The Bertz CT molecular complexity index is 982. The van der Waals surface area contributed by atoms with Gasteiger partial charge in [-0.2, -0.15) is 0 Å². The van der Waals surface area contributed by atoms with Gasteiger partial charge in [-0.15, -0.1) is 12.4 Å². The first-order chi connectivity index (χ1) is 12.8. The highest BCUT2D eigenvalue weighted by Gasteiger charge is 2.23. The van der Waals surface area contributed by atoms with E-state index in [9.17, 15) is 4.79 Å². The lowest BCUT2D eigenvalue weighted by molar-refractivity contribution is 0.0946. The largest absolute Gasteiger partial charge is 0.322 e. The number of nitrogens with zero attached hydrogens (tertiary/aromatic N) is 2. The Morgan fingerprint density at radius 2 is 1.37 bits per heavy atom. The standard InChI is InChI=1S/C23H18N2O.ClH/c26-23(21-13-11-19(12-14-21)18-7-3-1-4-8-18)22(25-16-15-24-17-25)20-9-5-2-6-10-20;/h1-17,22H;1H. The van der Waals surface area contributed by atoms with Gasteiger partial charge in [0.15, 0.2) is 5.78 Å². The fraction of sp³-hybridized carbons (Fsp3) is 0.0435. The van der Waals surface area contributed by atoms with Crippen molar-refractivity contribution in [2.24, 2.45) is 0 Å². The summed E-state index contributed by atoms with van der Waals surface area (Å²) >= 11 is 0. The van der Waals surface area contributed by atoms with Crippen LogP contribution in [0.25, 0.3) is 11.1 Å². The van der Waals surface area contributed by atoms with E-state index in [4.69, 9.17) is 0 Å². The van der Waals surface area contributed by atoms with Crippen molar-refractivity contribution in [1.82, 2.24) is 9.55 Å². The monoisotopic (exact) mass is 374 g/mol. The van der Waals surface area contributed by atoms with Crippen molar-refractivity contribution >= 4 is 18.2 Å². The normalized spacial score (nSPS) is 11.4. The van der Waals surface area contributed by atoms with E-state index in [1.54, 1.807) is 12.5 Å². The first-order valence-electron chi connectivity index (χ1n) is 8.55. The summed E-state index contributed by atoms with van der Waals surface area (Å²) in [6, 6.07) is 27.3. The summed E-state index contributed by atoms with van der Waals surface area (Å²) in [4.78, 5) is 17.4. The van der Waals surface area contributed by atoms with Gasteiger partial charge in [0, 0.05) is 18.0 Å². The van der Waals surface area contributed by atoms with Crippen molar-refractivity contribution in [1.29, 1.82) is 0 Å². The first kappa shape index (κ1) is 18.6. The molecule has 0 N–H and O–H groups in total. The quantitative estimate of drug-likeness (QED) is 0.436. The van der Waals surface area contributed by atoms with E-state index in [2.05, 4.69) is 17.1 Å². The van der Waals surface area contributed by atoms with Gasteiger partial charge < -0.3 is 4.57 Å². The van der Waals surface area contributed by atoms with Crippen LogP contribution in [-0.2, 0) is 0 Å². The highest BCUT2D eigenvalue weighted by molar-refractivity contribution is 6.01. The molecular weight excluding hydrogens is 356 g/mol. The smallest absolute Gasteiger partial charge is 0.190 e. The topological polar surface area (TPSA) is 34.9 Å². The van der Waals surface area contributed by atoms with E-state index in [1.165, 1.54) is 0 Å². The molecule has 0 radical (unpaired) electrons. The number of ketones is 1. The van der Waals surface area contributed by atoms with Crippen LogP contribution >= 0.6 is 12.4 Å². The second-order valence-corrected chi connectivity index (χ2v) is 6.13. The number of benzene rings is 3. The van der Waals surface area contributed by atoms with Gasteiger partial charge in [-0.25, -0.2) is 4.98 Å². The van der Waals surface area contributed by atoms with Crippen LogP contribution in [0.2, 0.25) is 0 Å². The molecule has 4 heteroatoms. The maximum Gasteiger partial charge on any atom is 0.190 e. The summed E-state index contributed by atoms with van der Waals surface area (Å²) < 4.78 is 1.85. The molecule has 0 fully saturated rings. The maximum atomic E-state index is 13.2. The number of rotatable bonds is 5. The molecule has 1 unspecified atom stereocenters. The highest BCUT2D eigenvalue weighted by atomic mass is 35.5. The van der Waals surface area contributed by atoms with Gasteiger partial charge in [0.2, 0.25) is 0 Å². The van der Waals surface area contributed by atoms with Crippen LogP contribution in [0.4, 0.5) is 0 Å². The zero-order chi connectivity index (χ0) is 17.8. The lowest BCUT2D eigenvalue weighted by atomic mass is 9.95. The molecule has 27 heavy (non-hydrogen) atoms. The van der Waals surface area contributed by atoms with Gasteiger partial charge in [0.05, 0.1) is 6.33 Å². The Kier molecular flexibility index (Phi) is 5.84. The molecule has 0 bridgehead atoms. The van der Waals surface area contributed by atoms with Crippen LogP contribution in [-0.4, -0.2) is 15.3 Å². The number of imidazole rings is 1. The summed E-state index contributed by atoms with van der Waals surface area (Å²) in [7, 11) is 0. The van der Waals surface area contributed by atoms with Crippen molar-refractivity contribution in [3.05, 3.63) is 115 Å². The predicted molar refractivity (Wildman–Crippen MR) is 110 cm³/mol. The summed E-state index contributed by atoms with van der Waals surface area (Å²) in [5, 5.41) is 0. The minimum absolute atomic E-state index is 0. The molecule has 1 aromatic heterocycles. The zero-order valence-electron chi connectivity index (χ0n) is 14.6. The Morgan fingerprint density at radius 1 is 0.778 bits per heavy atom. The molecule has 4 aromatic rings. The Labute approximate surface area is 164 Å². The highest BCUT2D eigenvalue weighted by Crippen LogP contribution is 2.25. The molecule has 0 saturated carbocycles. The van der Waals surface area contributed by atoms with Crippen molar-refractivity contribution in [2.45, 2.75) is 6.04 Å². The lowest BCUT2D eigenvalue weighted by Gasteiger charge is -2.18. The third-order valence-electron chi connectivity index (χ3n) is 4.46. The molecule has 1 heterocycles. The number of hydrogen-bond acceptors (Lipinski definition) is 2. The van der Waals surface area contributed by atoms with Gasteiger partial charge >= 0.3 is 0 Å². The molecule has 3 nitrogen and oxygen atoms in total. The minimum Gasteiger partial charge on any atom is -0.322 e. The maximum absolute atomic E-state index is 13.2. The Hall–Kier alpha value is -3.17. The zero-order valence-corrected chi connectivity index (χ0v) is 15.4. The van der Waals surface area contributed by atoms with E-state index < -0.39 is 6.04 Å². The van der Waals surface area contributed by atoms with Gasteiger partial charge in [-0.3, -0.25) is 4.79 Å². The molecular formula is C23H19ClN2O. The third-order valence-corrected chi connectivity index (χ3v) is 4.46. The van der Waals surface area contributed by atoms with Crippen molar-refractivity contribution < 1.29 is 4.79 Å². The Balaban J connectivity index is 0.00000210. The molecule has 3 aromatic carbocycles. The molecule has 0 aliphatic carbocycles. The fourth-order valence-electron chi connectivity index (χ4n) is 3.13. The lowest BCUT2D eigenvalue weighted by Crippen LogP contribution is -2.20. The second-order valence-electron chi connectivity index (χ2n) is 6.13. The van der Waals surface area contributed by atoms with E-state index in [1.807, 2.05) is 83.6 Å². The van der Waals surface area contributed by atoms with Crippen molar-refractivity contribution in [2.75, 3.05) is 0 Å². The van der Waals surface area contributed by atoms with Crippen LogP contribution < -0.4 is 0 Å². The van der Waals surface area contributed by atoms with Crippen LogP contribution in [0.5, 0.6) is 0 Å². The molecule has 1 atom stereocenters. The summed E-state index contributed by atoms with van der Waals surface area (Å²) in [6.07, 6.45) is 5.21. The fourth-order valence-corrected chi connectivity index (χ4v) is 3.13. The van der Waals surface area contributed by atoms with Crippen LogP contribution in [0.1, 0.15) is 22.0 Å².